The minimum absolute atomic E-state index is 0.171. The summed E-state index contributed by atoms with van der Waals surface area (Å²) in [6.07, 6.45) is 0. The van der Waals surface area contributed by atoms with E-state index in [0.29, 0.717) is 26.5 Å². The quantitative estimate of drug-likeness (QED) is 0.788. The maximum atomic E-state index is 12.0. The summed E-state index contributed by atoms with van der Waals surface area (Å²) in [7, 11) is 0. The predicted molar refractivity (Wildman–Crippen MR) is 93.1 cm³/mol. The molecule has 0 bridgehead atoms. The number of hydrogen-bond acceptors (Lipinski definition) is 6. The van der Waals surface area contributed by atoms with Crippen molar-refractivity contribution in [3.8, 4) is 5.75 Å². The summed E-state index contributed by atoms with van der Waals surface area (Å²) in [5.41, 5.74) is 1.35. The van der Waals surface area contributed by atoms with Gasteiger partial charge < -0.3 is 9.47 Å². The Morgan fingerprint density at radius 3 is 2.75 bits per heavy atom. The number of rotatable bonds is 6. The molecule has 1 heterocycles. The van der Waals surface area contributed by atoms with Crippen LogP contribution >= 0.6 is 22.9 Å². The Morgan fingerprint density at radius 2 is 2.08 bits per heavy atom. The van der Waals surface area contributed by atoms with Crippen LogP contribution in [0.2, 0.25) is 5.02 Å². The van der Waals surface area contributed by atoms with Gasteiger partial charge in [-0.2, -0.15) is 0 Å². The molecule has 0 spiro atoms. The number of thiazole rings is 1. The lowest BCUT2D eigenvalue weighted by Crippen LogP contribution is -2.20. The van der Waals surface area contributed by atoms with Crippen molar-refractivity contribution in [1.29, 1.82) is 0 Å². The van der Waals surface area contributed by atoms with Gasteiger partial charge in [-0.05, 0) is 44.5 Å². The van der Waals surface area contributed by atoms with E-state index in [1.165, 1.54) is 0 Å². The van der Waals surface area contributed by atoms with Crippen LogP contribution in [0, 0.1) is 13.8 Å². The first-order chi connectivity index (χ1) is 11.4. The van der Waals surface area contributed by atoms with Crippen LogP contribution in [0.1, 0.15) is 27.9 Å². The Kier molecular flexibility index (Phi) is 6.16. The lowest BCUT2D eigenvalue weighted by molar-refractivity contribution is -0.118. The number of esters is 1. The van der Waals surface area contributed by atoms with Gasteiger partial charge in [0.1, 0.15) is 10.6 Å². The average Bonchev–Trinajstić information content (AvgIpc) is 2.87. The predicted octanol–water partition coefficient (Wildman–Crippen LogP) is 3.61. The lowest BCUT2D eigenvalue weighted by Gasteiger charge is -2.08. The van der Waals surface area contributed by atoms with Crippen LogP contribution in [0.4, 0.5) is 5.13 Å². The highest BCUT2D eigenvalue weighted by Gasteiger charge is 2.17. The van der Waals surface area contributed by atoms with Crippen molar-refractivity contribution in [2.75, 3.05) is 18.5 Å². The van der Waals surface area contributed by atoms with Gasteiger partial charge in [-0.1, -0.05) is 22.9 Å². The number of amides is 1. The fourth-order valence-corrected chi connectivity index (χ4v) is 3.01. The second-order valence-electron chi connectivity index (χ2n) is 4.90. The molecule has 2 aromatic rings. The molecule has 1 aromatic carbocycles. The summed E-state index contributed by atoms with van der Waals surface area (Å²) < 4.78 is 10.4. The first kappa shape index (κ1) is 18.2. The molecule has 0 radical (unpaired) electrons. The molecule has 24 heavy (non-hydrogen) atoms. The number of hydrogen-bond donors (Lipinski definition) is 1. The van der Waals surface area contributed by atoms with Gasteiger partial charge in [-0.15, -0.1) is 0 Å². The van der Waals surface area contributed by atoms with E-state index in [-0.39, 0.29) is 19.1 Å². The SMILES string of the molecule is CCOC(=O)c1sc(NC(=O)COc2ccc(Cl)cc2C)nc1C. The molecule has 1 N–H and O–H groups in total. The second-order valence-corrected chi connectivity index (χ2v) is 6.34. The number of nitrogens with zero attached hydrogens (tertiary/aromatic N) is 1. The monoisotopic (exact) mass is 368 g/mol. The molecule has 0 aliphatic rings. The molecular formula is C16H17ClN2O4S. The van der Waals surface area contributed by atoms with E-state index in [1.54, 1.807) is 32.0 Å². The van der Waals surface area contributed by atoms with E-state index in [2.05, 4.69) is 10.3 Å². The van der Waals surface area contributed by atoms with E-state index in [4.69, 9.17) is 21.1 Å². The Balaban J connectivity index is 1.95. The molecule has 0 saturated heterocycles. The first-order valence-corrected chi connectivity index (χ1v) is 8.43. The lowest BCUT2D eigenvalue weighted by atomic mass is 10.2. The molecule has 6 nitrogen and oxygen atoms in total. The number of halogens is 1. The molecule has 0 unspecified atom stereocenters. The Bertz CT molecular complexity index is 761. The van der Waals surface area contributed by atoms with E-state index in [9.17, 15) is 9.59 Å². The van der Waals surface area contributed by atoms with E-state index in [1.807, 2.05) is 6.92 Å². The van der Waals surface area contributed by atoms with Gasteiger partial charge in [0.25, 0.3) is 5.91 Å². The van der Waals surface area contributed by atoms with Gasteiger partial charge in [-0.25, -0.2) is 9.78 Å². The number of ether oxygens (including phenoxy) is 2. The Morgan fingerprint density at radius 1 is 1.33 bits per heavy atom. The summed E-state index contributed by atoms with van der Waals surface area (Å²) in [4.78, 5) is 28.2. The van der Waals surface area contributed by atoms with Gasteiger partial charge >= 0.3 is 5.97 Å². The number of aromatic nitrogens is 1. The van der Waals surface area contributed by atoms with Crippen LogP contribution in [0.15, 0.2) is 18.2 Å². The maximum Gasteiger partial charge on any atom is 0.350 e. The number of nitrogens with one attached hydrogen (secondary N) is 1. The molecular weight excluding hydrogens is 352 g/mol. The van der Waals surface area contributed by atoms with Crippen molar-refractivity contribution in [2.45, 2.75) is 20.8 Å². The molecule has 1 aromatic heterocycles. The molecule has 0 saturated carbocycles. The third kappa shape index (κ3) is 4.69. The highest BCUT2D eigenvalue weighted by molar-refractivity contribution is 7.17. The molecule has 8 heteroatoms. The molecule has 1 amide bonds. The van der Waals surface area contributed by atoms with Crippen LogP contribution in [-0.2, 0) is 9.53 Å². The minimum Gasteiger partial charge on any atom is -0.483 e. The summed E-state index contributed by atoms with van der Waals surface area (Å²) in [5.74, 6) is -0.230. The fourth-order valence-electron chi connectivity index (χ4n) is 1.91. The normalized spacial score (nSPS) is 10.3. The van der Waals surface area contributed by atoms with Crippen molar-refractivity contribution in [3.05, 3.63) is 39.4 Å². The molecule has 0 aliphatic heterocycles. The van der Waals surface area contributed by atoms with Crippen LogP contribution in [0.25, 0.3) is 0 Å². The van der Waals surface area contributed by atoms with E-state index in [0.717, 1.165) is 16.9 Å². The largest absolute Gasteiger partial charge is 0.483 e. The molecule has 0 fully saturated rings. The number of anilines is 1. The number of aryl methyl sites for hydroxylation is 2. The summed E-state index contributed by atoms with van der Waals surface area (Å²) >= 11 is 6.94. The zero-order valence-corrected chi connectivity index (χ0v) is 15.1. The fraction of sp³-hybridized carbons (Fsp3) is 0.312. The van der Waals surface area contributed by atoms with Gasteiger partial charge in [0.2, 0.25) is 0 Å². The van der Waals surface area contributed by atoms with Gasteiger partial charge in [0, 0.05) is 5.02 Å². The van der Waals surface area contributed by atoms with Crippen LogP contribution in [0.5, 0.6) is 5.75 Å². The number of benzene rings is 1. The van der Waals surface area contributed by atoms with Gasteiger partial charge in [-0.3, -0.25) is 10.1 Å². The van der Waals surface area contributed by atoms with Crippen molar-refractivity contribution >= 4 is 39.9 Å². The average molecular weight is 369 g/mol. The smallest absolute Gasteiger partial charge is 0.350 e. The zero-order chi connectivity index (χ0) is 17.7. The highest BCUT2D eigenvalue weighted by atomic mass is 35.5. The third-order valence-electron chi connectivity index (χ3n) is 3.00. The van der Waals surface area contributed by atoms with Crippen LogP contribution < -0.4 is 10.1 Å². The third-order valence-corrected chi connectivity index (χ3v) is 4.29. The summed E-state index contributed by atoms with van der Waals surface area (Å²) in [6.45, 7) is 5.37. The molecule has 128 valence electrons. The van der Waals surface area contributed by atoms with Crippen LogP contribution in [-0.4, -0.2) is 30.1 Å². The number of carbonyl (C=O) groups is 2. The van der Waals surface area contributed by atoms with Gasteiger partial charge in [0.15, 0.2) is 11.7 Å². The molecule has 0 atom stereocenters. The zero-order valence-electron chi connectivity index (χ0n) is 13.5. The number of carbonyl (C=O) groups excluding carboxylic acids is 2. The van der Waals surface area contributed by atoms with Crippen molar-refractivity contribution in [2.24, 2.45) is 0 Å². The maximum absolute atomic E-state index is 12.0. The van der Waals surface area contributed by atoms with Gasteiger partial charge in [0.05, 0.1) is 12.3 Å². The first-order valence-electron chi connectivity index (χ1n) is 7.24. The summed E-state index contributed by atoms with van der Waals surface area (Å²) in [6, 6.07) is 5.15. The molecule has 0 aliphatic carbocycles. The van der Waals surface area contributed by atoms with E-state index < -0.39 is 5.97 Å². The van der Waals surface area contributed by atoms with E-state index >= 15 is 0 Å². The van der Waals surface area contributed by atoms with Crippen molar-refractivity contribution in [3.63, 3.8) is 0 Å². The second kappa shape index (κ2) is 8.12. The molecule has 2 rings (SSSR count). The Hall–Kier alpha value is -2.12. The van der Waals surface area contributed by atoms with Crippen molar-refractivity contribution in [1.82, 2.24) is 4.98 Å². The minimum atomic E-state index is -0.443. The van der Waals surface area contributed by atoms with Crippen molar-refractivity contribution < 1.29 is 19.1 Å². The Labute approximate surface area is 148 Å². The standard InChI is InChI=1S/C16H17ClN2O4S/c1-4-22-15(21)14-10(3)18-16(24-14)19-13(20)8-23-12-6-5-11(17)7-9(12)2/h5-7H,4,8H2,1-3H3,(H,18,19,20). The highest BCUT2D eigenvalue weighted by Crippen LogP contribution is 2.24. The summed E-state index contributed by atoms with van der Waals surface area (Å²) in [5, 5.41) is 3.55. The van der Waals surface area contributed by atoms with Crippen LogP contribution in [0.3, 0.4) is 0 Å². The topological polar surface area (TPSA) is 77.5 Å².